The SMILES string of the molecule is Cc1cc(C(=O)O)nc(N(C)C(C)c2ccccc2Cl)n1. The Morgan fingerprint density at radius 3 is 2.62 bits per heavy atom. The molecule has 1 unspecified atom stereocenters. The van der Waals surface area contributed by atoms with Crippen LogP contribution in [0.15, 0.2) is 30.3 Å². The fourth-order valence-corrected chi connectivity index (χ4v) is 2.31. The highest BCUT2D eigenvalue weighted by atomic mass is 35.5. The number of aromatic nitrogens is 2. The molecule has 1 aromatic heterocycles. The fourth-order valence-electron chi connectivity index (χ4n) is 2.02. The van der Waals surface area contributed by atoms with Crippen molar-refractivity contribution >= 4 is 23.5 Å². The minimum absolute atomic E-state index is 0.0179. The lowest BCUT2D eigenvalue weighted by Gasteiger charge is -2.26. The zero-order chi connectivity index (χ0) is 15.6. The van der Waals surface area contributed by atoms with Crippen LogP contribution in [0.1, 0.15) is 34.7 Å². The van der Waals surface area contributed by atoms with Crippen LogP contribution >= 0.6 is 11.6 Å². The molecule has 1 N–H and O–H groups in total. The van der Waals surface area contributed by atoms with Crippen LogP contribution in [0.25, 0.3) is 0 Å². The molecule has 2 rings (SSSR count). The van der Waals surface area contributed by atoms with Gasteiger partial charge in [0.15, 0.2) is 5.69 Å². The van der Waals surface area contributed by atoms with Gasteiger partial charge in [0.25, 0.3) is 0 Å². The second kappa shape index (κ2) is 6.10. The number of anilines is 1. The van der Waals surface area contributed by atoms with Crippen LogP contribution in [0.4, 0.5) is 5.95 Å². The first-order valence-electron chi connectivity index (χ1n) is 6.46. The van der Waals surface area contributed by atoms with Crippen LogP contribution in [0.5, 0.6) is 0 Å². The fraction of sp³-hybridized carbons (Fsp3) is 0.267. The summed E-state index contributed by atoms with van der Waals surface area (Å²) in [5.74, 6) is -0.708. The number of aryl methyl sites for hydroxylation is 1. The highest BCUT2D eigenvalue weighted by Gasteiger charge is 2.19. The Bertz CT molecular complexity index is 676. The van der Waals surface area contributed by atoms with E-state index in [-0.39, 0.29) is 11.7 Å². The van der Waals surface area contributed by atoms with E-state index < -0.39 is 5.97 Å². The number of aromatic carboxylic acids is 1. The first-order valence-corrected chi connectivity index (χ1v) is 6.84. The quantitative estimate of drug-likeness (QED) is 0.938. The van der Waals surface area contributed by atoms with Crippen molar-refractivity contribution in [3.63, 3.8) is 0 Å². The zero-order valence-corrected chi connectivity index (χ0v) is 12.8. The summed E-state index contributed by atoms with van der Waals surface area (Å²) in [6.07, 6.45) is 0. The number of hydrogen-bond acceptors (Lipinski definition) is 4. The molecule has 2 aromatic rings. The third-order valence-corrected chi connectivity index (χ3v) is 3.66. The van der Waals surface area contributed by atoms with Crippen LogP contribution < -0.4 is 4.90 Å². The van der Waals surface area contributed by atoms with E-state index in [0.717, 1.165) is 5.56 Å². The number of carboxylic acid groups (broad SMARTS) is 1. The summed E-state index contributed by atoms with van der Waals surface area (Å²) in [5.41, 5.74) is 1.52. The predicted octanol–water partition coefficient (Wildman–Crippen LogP) is 3.33. The van der Waals surface area contributed by atoms with Gasteiger partial charge < -0.3 is 10.0 Å². The van der Waals surface area contributed by atoms with E-state index in [1.54, 1.807) is 11.8 Å². The molecule has 110 valence electrons. The molecule has 1 heterocycles. The topological polar surface area (TPSA) is 66.3 Å². The lowest BCUT2D eigenvalue weighted by molar-refractivity contribution is 0.0690. The molecule has 0 radical (unpaired) electrons. The molecule has 0 saturated heterocycles. The lowest BCUT2D eigenvalue weighted by Crippen LogP contribution is -2.25. The van der Waals surface area contributed by atoms with E-state index in [0.29, 0.717) is 16.7 Å². The molecule has 0 aliphatic heterocycles. The van der Waals surface area contributed by atoms with Gasteiger partial charge in [0.2, 0.25) is 5.95 Å². The molecule has 1 aromatic carbocycles. The largest absolute Gasteiger partial charge is 0.477 e. The van der Waals surface area contributed by atoms with Gasteiger partial charge in [-0.2, -0.15) is 0 Å². The van der Waals surface area contributed by atoms with E-state index in [9.17, 15) is 4.79 Å². The number of benzene rings is 1. The Morgan fingerprint density at radius 2 is 2.00 bits per heavy atom. The van der Waals surface area contributed by atoms with Crippen molar-refractivity contribution in [1.29, 1.82) is 0 Å². The standard InChI is InChI=1S/C15H16ClN3O2/c1-9-8-13(14(20)21)18-15(17-9)19(3)10(2)11-6-4-5-7-12(11)16/h4-8,10H,1-3H3,(H,20,21). The van der Waals surface area contributed by atoms with Crippen molar-refractivity contribution in [3.8, 4) is 0 Å². The number of hydrogen-bond donors (Lipinski definition) is 1. The maximum Gasteiger partial charge on any atom is 0.354 e. The summed E-state index contributed by atoms with van der Waals surface area (Å²) in [5, 5.41) is 9.74. The summed E-state index contributed by atoms with van der Waals surface area (Å²) in [4.78, 5) is 21.3. The summed E-state index contributed by atoms with van der Waals surface area (Å²) in [6, 6.07) is 8.88. The minimum atomic E-state index is -1.07. The van der Waals surface area contributed by atoms with Gasteiger partial charge in [0.1, 0.15) is 0 Å². The van der Waals surface area contributed by atoms with Gasteiger partial charge >= 0.3 is 5.97 Å². The van der Waals surface area contributed by atoms with E-state index in [1.807, 2.05) is 38.2 Å². The second-order valence-corrected chi connectivity index (χ2v) is 5.22. The molecular formula is C15H16ClN3O2. The maximum atomic E-state index is 11.1. The normalized spacial score (nSPS) is 12.0. The Labute approximate surface area is 128 Å². The first kappa shape index (κ1) is 15.3. The smallest absolute Gasteiger partial charge is 0.354 e. The van der Waals surface area contributed by atoms with E-state index in [1.165, 1.54) is 6.07 Å². The van der Waals surface area contributed by atoms with Gasteiger partial charge in [-0.3, -0.25) is 0 Å². The van der Waals surface area contributed by atoms with E-state index in [4.69, 9.17) is 16.7 Å². The second-order valence-electron chi connectivity index (χ2n) is 4.81. The maximum absolute atomic E-state index is 11.1. The Hall–Kier alpha value is -2.14. The number of rotatable bonds is 4. The summed E-state index contributed by atoms with van der Waals surface area (Å²) in [7, 11) is 1.81. The molecule has 0 aliphatic rings. The summed E-state index contributed by atoms with van der Waals surface area (Å²) in [6.45, 7) is 3.71. The molecular weight excluding hydrogens is 290 g/mol. The Morgan fingerprint density at radius 1 is 1.33 bits per heavy atom. The number of carbonyl (C=O) groups is 1. The third kappa shape index (κ3) is 3.31. The highest BCUT2D eigenvalue weighted by Crippen LogP contribution is 2.28. The van der Waals surface area contributed by atoms with Crippen LogP contribution in [0.2, 0.25) is 5.02 Å². The Kier molecular flexibility index (Phi) is 4.43. The highest BCUT2D eigenvalue weighted by molar-refractivity contribution is 6.31. The molecule has 0 spiro atoms. The number of carboxylic acids is 1. The van der Waals surface area contributed by atoms with Gasteiger partial charge in [-0.1, -0.05) is 29.8 Å². The predicted molar refractivity (Wildman–Crippen MR) is 82.0 cm³/mol. The summed E-state index contributed by atoms with van der Waals surface area (Å²) < 4.78 is 0. The lowest BCUT2D eigenvalue weighted by atomic mass is 10.1. The van der Waals surface area contributed by atoms with Gasteiger partial charge in [0.05, 0.1) is 6.04 Å². The number of nitrogens with zero attached hydrogens (tertiary/aromatic N) is 3. The molecule has 1 atom stereocenters. The van der Waals surface area contributed by atoms with Crippen molar-refractivity contribution in [2.24, 2.45) is 0 Å². The average Bonchev–Trinajstić information content (AvgIpc) is 2.45. The minimum Gasteiger partial charge on any atom is -0.477 e. The molecule has 21 heavy (non-hydrogen) atoms. The summed E-state index contributed by atoms with van der Waals surface area (Å²) >= 11 is 6.20. The zero-order valence-electron chi connectivity index (χ0n) is 12.0. The van der Waals surface area contributed by atoms with Crippen LogP contribution in [-0.4, -0.2) is 28.1 Å². The molecule has 0 bridgehead atoms. The molecule has 0 fully saturated rings. The van der Waals surface area contributed by atoms with Crippen molar-refractivity contribution in [1.82, 2.24) is 9.97 Å². The third-order valence-electron chi connectivity index (χ3n) is 3.31. The van der Waals surface area contributed by atoms with E-state index in [2.05, 4.69) is 9.97 Å². The molecule has 5 nitrogen and oxygen atoms in total. The van der Waals surface area contributed by atoms with Gasteiger partial charge in [-0.25, -0.2) is 14.8 Å². The van der Waals surface area contributed by atoms with Crippen molar-refractivity contribution in [2.45, 2.75) is 19.9 Å². The van der Waals surface area contributed by atoms with Gasteiger partial charge in [0, 0.05) is 17.8 Å². The van der Waals surface area contributed by atoms with Crippen LogP contribution in [-0.2, 0) is 0 Å². The monoisotopic (exact) mass is 305 g/mol. The molecule has 0 aliphatic carbocycles. The van der Waals surface area contributed by atoms with Gasteiger partial charge in [-0.05, 0) is 31.5 Å². The van der Waals surface area contributed by atoms with Crippen molar-refractivity contribution in [2.75, 3.05) is 11.9 Å². The molecule has 6 heteroatoms. The Balaban J connectivity index is 2.38. The van der Waals surface area contributed by atoms with Crippen LogP contribution in [0.3, 0.4) is 0 Å². The average molecular weight is 306 g/mol. The first-order chi connectivity index (χ1) is 9.90. The van der Waals surface area contributed by atoms with E-state index >= 15 is 0 Å². The number of halogens is 1. The van der Waals surface area contributed by atoms with Crippen molar-refractivity contribution in [3.05, 3.63) is 52.3 Å². The van der Waals surface area contributed by atoms with Crippen LogP contribution in [0, 0.1) is 6.92 Å². The molecule has 0 saturated carbocycles. The van der Waals surface area contributed by atoms with Gasteiger partial charge in [-0.15, -0.1) is 0 Å². The molecule has 0 amide bonds. The van der Waals surface area contributed by atoms with Crippen molar-refractivity contribution < 1.29 is 9.90 Å².